The van der Waals surface area contributed by atoms with Crippen molar-refractivity contribution in [3.63, 3.8) is 0 Å². The Morgan fingerprint density at radius 1 is 1.04 bits per heavy atom. The minimum Gasteiger partial charge on any atom is -0.399 e. The highest BCUT2D eigenvalue weighted by Crippen LogP contribution is 2.36. The van der Waals surface area contributed by atoms with E-state index in [1.165, 1.54) is 14.1 Å². The molecule has 1 fully saturated rings. The first-order valence-electron chi connectivity index (χ1n) is 8.39. The number of aryl methyl sites for hydroxylation is 2. The normalized spacial score (nSPS) is 19.6. The van der Waals surface area contributed by atoms with Crippen LogP contribution in [0.15, 0.2) is 12.1 Å². The van der Waals surface area contributed by atoms with E-state index in [0.717, 1.165) is 26.5 Å². The number of nitrogens with one attached hydrogen (secondary N) is 1. The van der Waals surface area contributed by atoms with Crippen molar-refractivity contribution in [2.75, 3.05) is 14.1 Å². The van der Waals surface area contributed by atoms with Crippen LogP contribution in [0.25, 0.3) is 0 Å². The van der Waals surface area contributed by atoms with Crippen molar-refractivity contribution in [2.24, 2.45) is 0 Å². The summed E-state index contributed by atoms with van der Waals surface area (Å²) >= 11 is 0. The molecule has 0 radical (unpaired) electrons. The van der Waals surface area contributed by atoms with E-state index in [9.17, 15) is 8.42 Å². The molecular formula is C17H29BN2O4S. The van der Waals surface area contributed by atoms with Gasteiger partial charge in [-0.15, -0.1) is 0 Å². The fraction of sp³-hybridized carbons (Fsp3) is 0.647. The van der Waals surface area contributed by atoms with Crippen molar-refractivity contribution in [1.29, 1.82) is 0 Å². The Balaban J connectivity index is 2.24. The van der Waals surface area contributed by atoms with Crippen LogP contribution >= 0.6 is 0 Å². The van der Waals surface area contributed by atoms with Crippen LogP contribution in [0, 0.1) is 13.8 Å². The van der Waals surface area contributed by atoms with Gasteiger partial charge >= 0.3 is 7.12 Å². The monoisotopic (exact) mass is 368 g/mol. The molecule has 0 unspecified atom stereocenters. The SMILES string of the molecule is Cc1cc(B2OC(C)(C)C(C)(C)O2)cc(C)c1CNS(=O)(=O)N(C)C. The quantitative estimate of drug-likeness (QED) is 0.800. The molecule has 0 spiro atoms. The summed E-state index contributed by atoms with van der Waals surface area (Å²) < 4.78 is 39.8. The van der Waals surface area contributed by atoms with E-state index in [1.54, 1.807) is 0 Å². The van der Waals surface area contributed by atoms with E-state index in [2.05, 4.69) is 4.72 Å². The predicted octanol–water partition coefficient (Wildman–Crippen LogP) is 1.50. The first kappa shape index (κ1) is 20.4. The molecule has 1 aromatic rings. The van der Waals surface area contributed by atoms with Gasteiger partial charge in [0.15, 0.2) is 0 Å². The van der Waals surface area contributed by atoms with Crippen molar-refractivity contribution in [1.82, 2.24) is 9.03 Å². The Morgan fingerprint density at radius 2 is 1.48 bits per heavy atom. The summed E-state index contributed by atoms with van der Waals surface area (Å²) in [7, 11) is -0.867. The van der Waals surface area contributed by atoms with E-state index >= 15 is 0 Å². The molecule has 8 heteroatoms. The van der Waals surface area contributed by atoms with Crippen LogP contribution in [-0.4, -0.2) is 45.1 Å². The standard InChI is InChI=1S/C17H29BN2O4S/c1-12-9-14(18-23-16(3,4)17(5,6)24-18)10-13(2)15(12)11-19-25(21,22)20(7)8/h9-10,19H,11H2,1-8H3. The summed E-state index contributed by atoms with van der Waals surface area (Å²) in [5.74, 6) is 0. The lowest BCUT2D eigenvalue weighted by Crippen LogP contribution is -2.41. The maximum Gasteiger partial charge on any atom is 0.494 e. The first-order chi connectivity index (χ1) is 11.3. The number of hydrogen-bond acceptors (Lipinski definition) is 4. The molecule has 0 atom stereocenters. The van der Waals surface area contributed by atoms with E-state index in [0.29, 0.717) is 0 Å². The molecule has 0 saturated carbocycles. The lowest BCUT2D eigenvalue weighted by Gasteiger charge is -2.32. The van der Waals surface area contributed by atoms with Gasteiger partial charge in [0.1, 0.15) is 0 Å². The summed E-state index contributed by atoms with van der Waals surface area (Å²) in [5, 5.41) is 0. The van der Waals surface area contributed by atoms with Crippen molar-refractivity contribution in [2.45, 2.75) is 59.3 Å². The van der Waals surface area contributed by atoms with Crippen molar-refractivity contribution >= 4 is 22.8 Å². The van der Waals surface area contributed by atoms with Crippen molar-refractivity contribution < 1.29 is 17.7 Å². The highest BCUT2D eigenvalue weighted by molar-refractivity contribution is 7.87. The highest BCUT2D eigenvalue weighted by Gasteiger charge is 2.51. The maximum absolute atomic E-state index is 11.9. The Bertz CT molecular complexity index is 721. The molecule has 0 aromatic heterocycles. The third-order valence-electron chi connectivity index (χ3n) is 5.16. The van der Waals surface area contributed by atoms with Gasteiger partial charge in [-0.2, -0.15) is 17.4 Å². The molecule has 0 aliphatic carbocycles. The van der Waals surface area contributed by atoms with Crippen LogP contribution in [0.2, 0.25) is 0 Å². The van der Waals surface area contributed by atoms with Crippen LogP contribution in [0.3, 0.4) is 0 Å². The topological polar surface area (TPSA) is 67.9 Å². The fourth-order valence-corrected chi connectivity index (χ4v) is 3.30. The molecule has 0 amide bonds. The third-order valence-corrected chi connectivity index (χ3v) is 6.63. The summed E-state index contributed by atoms with van der Waals surface area (Å²) in [6, 6.07) is 4.02. The van der Waals surface area contributed by atoms with Crippen molar-refractivity contribution in [3.05, 3.63) is 28.8 Å². The minimum atomic E-state index is -3.45. The highest BCUT2D eigenvalue weighted by atomic mass is 32.2. The van der Waals surface area contributed by atoms with Crippen molar-refractivity contribution in [3.8, 4) is 0 Å². The van der Waals surface area contributed by atoms with E-state index < -0.39 is 17.3 Å². The zero-order valence-corrected chi connectivity index (χ0v) is 17.2. The Kier molecular flexibility index (Phi) is 5.44. The largest absolute Gasteiger partial charge is 0.494 e. The van der Waals surface area contributed by atoms with Gasteiger partial charge in [-0.1, -0.05) is 12.1 Å². The van der Waals surface area contributed by atoms with Crippen LogP contribution < -0.4 is 10.2 Å². The average molecular weight is 368 g/mol. The van der Waals surface area contributed by atoms with Gasteiger partial charge in [0.25, 0.3) is 10.2 Å². The molecule has 1 aliphatic heterocycles. The van der Waals surface area contributed by atoms with Gasteiger partial charge in [0.05, 0.1) is 11.2 Å². The van der Waals surface area contributed by atoms with E-state index in [-0.39, 0.29) is 17.7 Å². The molecular weight excluding hydrogens is 339 g/mol. The second kappa shape index (κ2) is 6.66. The van der Waals surface area contributed by atoms with Crippen LogP contribution in [-0.2, 0) is 26.1 Å². The van der Waals surface area contributed by atoms with Crippen LogP contribution in [0.4, 0.5) is 0 Å². The minimum absolute atomic E-state index is 0.252. The summed E-state index contributed by atoms with van der Waals surface area (Å²) in [6.45, 7) is 12.3. The van der Waals surface area contributed by atoms with Gasteiger partial charge in [0.2, 0.25) is 0 Å². The zero-order chi connectivity index (χ0) is 19.2. The Hall–Kier alpha value is -0.925. The molecule has 2 rings (SSSR count). The molecule has 1 aromatic carbocycles. The average Bonchev–Trinajstić information content (AvgIpc) is 2.66. The van der Waals surface area contributed by atoms with Gasteiger partial charge in [-0.05, 0) is 63.7 Å². The van der Waals surface area contributed by atoms with Gasteiger partial charge in [-0.3, -0.25) is 0 Å². The van der Waals surface area contributed by atoms with Crippen LogP contribution in [0.5, 0.6) is 0 Å². The molecule has 1 aliphatic rings. The van der Waals surface area contributed by atoms with Crippen LogP contribution in [0.1, 0.15) is 44.4 Å². The number of hydrogen-bond donors (Lipinski definition) is 1. The maximum atomic E-state index is 11.9. The number of benzene rings is 1. The molecule has 0 bridgehead atoms. The molecule has 1 heterocycles. The summed E-state index contributed by atoms with van der Waals surface area (Å²) in [4.78, 5) is 0. The molecule has 140 valence electrons. The third kappa shape index (κ3) is 4.09. The Labute approximate surface area is 152 Å². The first-order valence-corrected chi connectivity index (χ1v) is 9.83. The van der Waals surface area contributed by atoms with Gasteiger partial charge < -0.3 is 9.31 Å². The van der Waals surface area contributed by atoms with E-state index in [4.69, 9.17) is 9.31 Å². The molecule has 25 heavy (non-hydrogen) atoms. The Morgan fingerprint density at radius 3 is 1.88 bits per heavy atom. The summed E-state index contributed by atoms with van der Waals surface area (Å²) in [6.07, 6.45) is 0. The lowest BCUT2D eigenvalue weighted by molar-refractivity contribution is 0.00578. The molecule has 6 nitrogen and oxygen atoms in total. The fourth-order valence-electron chi connectivity index (χ4n) is 2.71. The van der Waals surface area contributed by atoms with E-state index in [1.807, 2.05) is 53.7 Å². The van der Waals surface area contributed by atoms with Gasteiger partial charge in [0, 0.05) is 20.6 Å². The number of rotatable bonds is 5. The second-order valence-corrected chi connectivity index (χ2v) is 9.80. The zero-order valence-electron chi connectivity index (χ0n) is 16.4. The molecule has 1 saturated heterocycles. The second-order valence-electron chi connectivity index (χ2n) is 7.83. The van der Waals surface area contributed by atoms with Gasteiger partial charge in [-0.25, -0.2) is 0 Å². The lowest BCUT2D eigenvalue weighted by atomic mass is 9.76. The summed E-state index contributed by atoms with van der Waals surface area (Å²) in [5.41, 5.74) is 3.15. The number of nitrogens with zero attached hydrogens (tertiary/aromatic N) is 1. The molecule has 1 N–H and O–H groups in total. The predicted molar refractivity (Wildman–Crippen MR) is 101 cm³/mol. The smallest absolute Gasteiger partial charge is 0.399 e.